The molecule has 3 aliphatic rings. The molecule has 2 fully saturated rings. The molecule has 13 nitrogen and oxygen atoms in total. The van der Waals surface area contributed by atoms with Crippen LogP contribution in [0, 0.1) is 5.41 Å². The van der Waals surface area contributed by atoms with Crippen LogP contribution in [0.15, 0.2) is 117 Å². The molecule has 0 saturated carbocycles. The molecule has 21 heteroatoms. The van der Waals surface area contributed by atoms with Gasteiger partial charge in [-0.3, -0.25) is 14.3 Å². The number of nitrogens with one attached hydrogen (secondary N) is 2. The predicted octanol–water partition coefficient (Wildman–Crippen LogP) is 9.02. The fourth-order valence-electron chi connectivity index (χ4n) is 9.23. The van der Waals surface area contributed by atoms with Gasteiger partial charge in [-0.05, 0) is 109 Å². The molecule has 3 N–H and O–H groups in total. The third-order valence-electron chi connectivity index (χ3n) is 13.4. The standard InChI is InChI=1S/C50H63ClF3N6O7PS3/c1-49(2)21-19-45(37-9-13-40(51)14-10-37)39(34-49)35-59-27-29-60(30-28-59)42-15-11-38(12-16-42)48(61)56-71(66,67)44-17-18-46(47(33-44)70(64,65)50(52,53)54)55-41(36-69-43-7-5-4-6-8-43)20-22-57-23-25-58(26-24-57)31-32-68(3,62)63/h4-18,33,41,55H,19-32,34-36H2,1-3H3,(H,56,61)(H,62,63)/t41-/m1/s1. The molecule has 1 unspecified atom stereocenters. The van der Waals surface area contributed by atoms with Crippen LogP contribution in [-0.2, 0) is 24.4 Å². The van der Waals surface area contributed by atoms with Gasteiger partial charge in [0.05, 0.1) is 10.6 Å². The molecule has 71 heavy (non-hydrogen) atoms. The Bertz CT molecular complexity index is 2790. The van der Waals surface area contributed by atoms with E-state index in [1.54, 1.807) is 12.1 Å². The number of benzene rings is 4. The number of sulfone groups is 1. The smallest absolute Gasteiger partial charge is 0.380 e. The Kier molecular flexibility index (Phi) is 17.8. The summed E-state index contributed by atoms with van der Waals surface area (Å²) < 4.78 is 110. The van der Waals surface area contributed by atoms with Crippen molar-refractivity contribution < 1.29 is 44.3 Å². The number of carbonyl (C=O) groups excluding carboxylic acids is 1. The summed E-state index contributed by atoms with van der Waals surface area (Å²) in [6, 6.07) is 25.6. The molecule has 2 saturated heterocycles. The second kappa shape index (κ2) is 23.1. The van der Waals surface area contributed by atoms with E-state index in [0.29, 0.717) is 62.5 Å². The number of amides is 1. The maximum Gasteiger partial charge on any atom is 0.501 e. The summed E-state index contributed by atoms with van der Waals surface area (Å²) in [6.07, 6.45) is 3.70. The Hall–Kier alpha value is -3.91. The van der Waals surface area contributed by atoms with Gasteiger partial charge in [0.15, 0.2) is 7.37 Å². The van der Waals surface area contributed by atoms with Crippen LogP contribution in [0.5, 0.6) is 0 Å². The predicted molar refractivity (Wildman–Crippen MR) is 278 cm³/mol. The highest BCUT2D eigenvalue weighted by molar-refractivity contribution is 7.99. The fraction of sp³-hybridized carbons (Fsp3) is 0.460. The zero-order valence-electron chi connectivity index (χ0n) is 40.2. The summed E-state index contributed by atoms with van der Waals surface area (Å²) in [5.74, 6) is -0.714. The molecule has 0 radical (unpaired) electrons. The van der Waals surface area contributed by atoms with Crippen LogP contribution in [0.1, 0.15) is 55.5 Å². The molecule has 1 amide bonds. The van der Waals surface area contributed by atoms with Gasteiger partial charge < -0.3 is 24.9 Å². The molecule has 4 aromatic carbocycles. The SMILES string of the molecule is CC1(C)CCC(c2ccc(Cl)cc2)=C(CN2CCN(c3ccc(C(=O)NS(=O)(=O)c4ccc(N[C@H](CCN5CCN(CCP(C)(=O)O)CC5)CSc5ccccc5)c(S(=O)(=O)C(F)(F)F)c4)cc3)CC2)C1. The highest BCUT2D eigenvalue weighted by atomic mass is 35.5. The third-order valence-corrected chi connectivity index (χ3v) is 18.7. The molecule has 7 rings (SSSR count). The van der Waals surface area contributed by atoms with Gasteiger partial charge in [0.25, 0.3) is 25.8 Å². The number of allylic oxidation sites excluding steroid dienone is 1. The zero-order chi connectivity index (χ0) is 51.2. The second-order valence-corrected chi connectivity index (χ2v) is 27.2. The summed E-state index contributed by atoms with van der Waals surface area (Å²) in [6.45, 7) is 13.5. The number of thioether (sulfide) groups is 1. The summed E-state index contributed by atoms with van der Waals surface area (Å²) >= 11 is 7.62. The van der Waals surface area contributed by atoms with Crippen molar-refractivity contribution >= 4 is 73.4 Å². The van der Waals surface area contributed by atoms with Crippen molar-refractivity contribution in [2.24, 2.45) is 5.41 Å². The first-order valence-corrected chi connectivity index (χ1v) is 30.3. The number of nitrogens with zero attached hydrogens (tertiary/aromatic N) is 4. The first-order chi connectivity index (χ1) is 33.4. The fourth-order valence-corrected chi connectivity index (χ4v) is 13.0. The summed E-state index contributed by atoms with van der Waals surface area (Å²) in [4.78, 5) is 30.8. The van der Waals surface area contributed by atoms with E-state index in [-0.39, 0.29) is 17.1 Å². The average molecular weight is 1080 g/mol. The van der Waals surface area contributed by atoms with Gasteiger partial charge in [0.1, 0.15) is 4.90 Å². The zero-order valence-corrected chi connectivity index (χ0v) is 44.3. The van der Waals surface area contributed by atoms with E-state index in [0.717, 1.165) is 74.7 Å². The monoisotopic (exact) mass is 1080 g/mol. The van der Waals surface area contributed by atoms with Crippen LogP contribution in [0.2, 0.25) is 5.02 Å². The van der Waals surface area contributed by atoms with Gasteiger partial charge in [-0.2, -0.15) is 13.2 Å². The van der Waals surface area contributed by atoms with E-state index in [1.807, 2.05) is 47.2 Å². The van der Waals surface area contributed by atoms with E-state index in [9.17, 15) is 44.3 Å². The van der Waals surface area contributed by atoms with E-state index >= 15 is 0 Å². The van der Waals surface area contributed by atoms with E-state index in [1.165, 1.54) is 47.3 Å². The van der Waals surface area contributed by atoms with Crippen molar-refractivity contribution in [3.63, 3.8) is 0 Å². The topological polar surface area (TPSA) is 160 Å². The average Bonchev–Trinajstić information content (AvgIpc) is 3.32. The molecule has 386 valence electrons. The minimum Gasteiger partial charge on any atom is -0.380 e. The highest BCUT2D eigenvalue weighted by Gasteiger charge is 2.48. The van der Waals surface area contributed by atoms with Crippen LogP contribution in [0.3, 0.4) is 0 Å². The van der Waals surface area contributed by atoms with Crippen molar-refractivity contribution in [3.8, 4) is 0 Å². The van der Waals surface area contributed by atoms with Crippen LogP contribution in [0.4, 0.5) is 24.5 Å². The molecule has 0 bridgehead atoms. The lowest BCUT2D eigenvalue weighted by Crippen LogP contribution is -2.48. The Morgan fingerprint density at radius 2 is 1.46 bits per heavy atom. The normalized spacial score (nSPS) is 19.0. The number of halogens is 4. The van der Waals surface area contributed by atoms with Crippen LogP contribution in [-0.4, -0.2) is 144 Å². The molecule has 2 aliphatic heterocycles. The largest absolute Gasteiger partial charge is 0.501 e. The number of hydrogen-bond donors (Lipinski definition) is 3. The van der Waals surface area contributed by atoms with Gasteiger partial charge in [0.2, 0.25) is 0 Å². The number of carbonyl (C=O) groups is 1. The van der Waals surface area contributed by atoms with E-state index < -0.39 is 60.2 Å². The Morgan fingerprint density at radius 3 is 2.08 bits per heavy atom. The van der Waals surface area contributed by atoms with Crippen molar-refractivity contribution in [1.82, 2.24) is 19.4 Å². The third kappa shape index (κ3) is 15.1. The lowest BCUT2D eigenvalue weighted by Gasteiger charge is -2.39. The number of anilines is 2. The molecular weight excluding hydrogens is 1020 g/mol. The maximum absolute atomic E-state index is 14.3. The van der Waals surface area contributed by atoms with Crippen molar-refractivity contribution in [2.45, 2.75) is 65.8 Å². The summed E-state index contributed by atoms with van der Waals surface area (Å²) in [7, 11) is -14.1. The number of alkyl halides is 3. The molecule has 2 heterocycles. The minimum atomic E-state index is -6.10. The van der Waals surface area contributed by atoms with Crippen molar-refractivity contribution in [3.05, 3.63) is 119 Å². The molecule has 2 atom stereocenters. The van der Waals surface area contributed by atoms with Crippen LogP contribution >= 0.6 is 30.7 Å². The Morgan fingerprint density at radius 1 is 0.845 bits per heavy atom. The Labute approximate surface area is 425 Å². The molecule has 4 aromatic rings. The number of rotatable bonds is 19. The van der Waals surface area contributed by atoms with Gasteiger partial charge in [-0.25, -0.2) is 21.6 Å². The first kappa shape index (κ1) is 54.9. The van der Waals surface area contributed by atoms with Crippen LogP contribution in [0.25, 0.3) is 5.57 Å². The molecule has 1 aliphatic carbocycles. The lowest BCUT2D eigenvalue weighted by atomic mass is 9.73. The molecule has 0 aromatic heterocycles. The summed E-state index contributed by atoms with van der Waals surface area (Å²) in [5.41, 5.74) is -1.14. The number of piperazine rings is 2. The molecule has 0 spiro atoms. The van der Waals surface area contributed by atoms with Gasteiger partial charge in [-0.1, -0.05) is 61.4 Å². The maximum atomic E-state index is 14.3. The quantitative estimate of drug-likeness (QED) is 0.0604. The number of hydrogen-bond acceptors (Lipinski definition) is 12. The lowest BCUT2D eigenvalue weighted by molar-refractivity contribution is -0.0436. The number of sulfonamides is 1. The van der Waals surface area contributed by atoms with Gasteiger partial charge in [-0.15, -0.1) is 11.8 Å². The second-order valence-electron chi connectivity index (χ2n) is 19.5. The van der Waals surface area contributed by atoms with E-state index in [2.05, 4.69) is 50.9 Å². The van der Waals surface area contributed by atoms with Crippen LogP contribution < -0.4 is 14.9 Å². The Balaban J connectivity index is 1.01. The van der Waals surface area contributed by atoms with Crippen molar-refractivity contribution in [2.75, 3.05) is 101 Å². The van der Waals surface area contributed by atoms with E-state index in [4.69, 9.17) is 11.6 Å². The highest BCUT2D eigenvalue weighted by Crippen LogP contribution is 2.43. The van der Waals surface area contributed by atoms with Gasteiger partial charge in [0, 0.05) is 118 Å². The summed E-state index contributed by atoms with van der Waals surface area (Å²) in [5, 5.41) is 3.71. The van der Waals surface area contributed by atoms with Crippen molar-refractivity contribution in [1.29, 1.82) is 0 Å². The minimum absolute atomic E-state index is 0.0175. The first-order valence-electron chi connectivity index (χ1n) is 23.7. The molecular formula is C50H63ClF3N6O7PS3. The van der Waals surface area contributed by atoms with Gasteiger partial charge >= 0.3 is 5.51 Å².